The highest BCUT2D eigenvalue weighted by Gasteiger charge is 2.10. The summed E-state index contributed by atoms with van der Waals surface area (Å²) in [6.07, 6.45) is 1.69. The minimum Gasteiger partial charge on any atom is -0.497 e. The SMILES string of the molecule is COc1ccc(-c2ccnn2-c2cccc(C(=O)O)c2)cc1. The zero-order valence-electron chi connectivity index (χ0n) is 11.9. The summed E-state index contributed by atoms with van der Waals surface area (Å²) in [6.45, 7) is 0. The predicted molar refractivity (Wildman–Crippen MR) is 82.5 cm³/mol. The van der Waals surface area contributed by atoms with Gasteiger partial charge < -0.3 is 9.84 Å². The molecule has 0 saturated carbocycles. The third-order valence-corrected chi connectivity index (χ3v) is 3.37. The van der Waals surface area contributed by atoms with E-state index in [4.69, 9.17) is 9.84 Å². The van der Waals surface area contributed by atoms with Gasteiger partial charge in [0.25, 0.3) is 0 Å². The van der Waals surface area contributed by atoms with Gasteiger partial charge in [0.15, 0.2) is 0 Å². The normalized spacial score (nSPS) is 10.4. The van der Waals surface area contributed by atoms with Gasteiger partial charge in [-0.2, -0.15) is 5.10 Å². The summed E-state index contributed by atoms with van der Waals surface area (Å²) in [4.78, 5) is 11.1. The van der Waals surface area contributed by atoms with Gasteiger partial charge >= 0.3 is 5.97 Å². The average Bonchev–Trinajstić information content (AvgIpc) is 3.04. The molecule has 0 radical (unpaired) electrons. The Morgan fingerprint density at radius 3 is 2.59 bits per heavy atom. The smallest absolute Gasteiger partial charge is 0.335 e. The fourth-order valence-corrected chi connectivity index (χ4v) is 2.26. The van der Waals surface area contributed by atoms with E-state index in [9.17, 15) is 4.79 Å². The Labute approximate surface area is 127 Å². The summed E-state index contributed by atoms with van der Waals surface area (Å²) in [5.74, 6) is -0.178. The molecule has 0 spiro atoms. The topological polar surface area (TPSA) is 64.4 Å². The first-order chi connectivity index (χ1) is 10.7. The van der Waals surface area contributed by atoms with Crippen molar-refractivity contribution in [1.29, 1.82) is 0 Å². The zero-order chi connectivity index (χ0) is 15.5. The molecule has 0 atom stereocenters. The van der Waals surface area contributed by atoms with Crippen molar-refractivity contribution in [2.75, 3.05) is 7.11 Å². The van der Waals surface area contributed by atoms with Crippen molar-refractivity contribution in [2.24, 2.45) is 0 Å². The molecule has 3 aromatic rings. The lowest BCUT2D eigenvalue weighted by Crippen LogP contribution is -2.02. The maximum Gasteiger partial charge on any atom is 0.335 e. The van der Waals surface area contributed by atoms with Gasteiger partial charge in [0.05, 0.1) is 30.3 Å². The third kappa shape index (κ3) is 2.56. The standard InChI is InChI=1S/C17H14N2O3/c1-22-15-7-5-12(6-8-15)16-9-10-18-19(16)14-4-2-3-13(11-14)17(20)21/h2-11H,1H3,(H,20,21). The number of carbonyl (C=O) groups is 1. The van der Waals surface area contributed by atoms with Gasteiger partial charge in [0.1, 0.15) is 5.75 Å². The molecule has 0 aliphatic heterocycles. The van der Waals surface area contributed by atoms with E-state index < -0.39 is 5.97 Å². The van der Waals surface area contributed by atoms with E-state index in [0.717, 1.165) is 17.0 Å². The first-order valence-electron chi connectivity index (χ1n) is 6.71. The number of hydrogen-bond donors (Lipinski definition) is 1. The monoisotopic (exact) mass is 294 g/mol. The molecule has 5 heteroatoms. The molecule has 0 amide bonds. The van der Waals surface area contributed by atoms with Crippen molar-refractivity contribution in [2.45, 2.75) is 0 Å². The maximum atomic E-state index is 11.1. The summed E-state index contributed by atoms with van der Waals surface area (Å²) in [5, 5.41) is 13.4. The summed E-state index contributed by atoms with van der Waals surface area (Å²) in [6, 6.07) is 16.2. The van der Waals surface area contributed by atoms with Crippen molar-refractivity contribution in [3.63, 3.8) is 0 Å². The second-order valence-corrected chi connectivity index (χ2v) is 4.71. The summed E-state index contributed by atoms with van der Waals surface area (Å²) >= 11 is 0. The number of hydrogen-bond acceptors (Lipinski definition) is 3. The van der Waals surface area contributed by atoms with Crippen LogP contribution in [0.4, 0.5) is 0 Å². The van der Waals surface area contributed by atoms with Crippen LogP contribution in [0.1, 0.15) is 10.4 Å². The van der Waals surface area contributed by atoms with Crippen molar-refractivity contribution in [3.05, 3.63) is 66.4 Å². The molecule has 0 saturated heterocycles. The van der Waals surface area contributed by atoms with Crippen LogP contribution in [-0.2, 0) is 0 Å². The molecule has 110 valence electrons. The summed E-state index contributed by atoms with van der Waals surface area (Å²) in [5.41, 5.74) is 2.79. The fourth-order valence-electron chi connectivity index (χ4n) is 2.26. The van der Waals surface area contributed by atoms with E-state index in [1.807, 2.05) is 36.4 Å². The van der Waals surface area contributed by atoms with Gasteiger partial charge in [-0.3, -0.25) is 0 Å². The molecule has 22 heavy (non-hydrogen) atoms. The van der Waals surface area contributed by atoms with Crippen molar-refractivity contribution < 1.29 is 14.6 Å². The minimum atomic E-state index is -0.958. The van der Waals surface area contributed by atoms with Crippen molar-refractivity contribution in [1.82, 2.24) is 9.78 Å². The highest BCUT2D eigenvalue weighted by atomic mass is 16.5. The Bertz CT molecular complexity index is 807. The quantitative estimate of drug-likeness (QED) is 0.802. The van der Waals surface area contributed by atoms with Crippen LogP contribution in [0.3, 0.4) is 0 Å². The Balaban J connectivity index is 2.04. The molecule has 0 unspecified atom stereocenters. The molecule has 1 aromatic heterocycles. The lowest BCUT2D eigenvalue weighted by atomic mass is 10.1. The lowest BCUT2D eigenvalue weighted by molar-refractivity contribution is 0.0697. The Hall–Kier alpha value is -3.08. The molecule has 0 aliphatic carbocycles. The number of ether oxygens (including phenoxy) is 1. The third-order valence-electron chi connectivity index (χ3n) is 3.37. The van der Waals surface area contributed by atoms with Crippen LogP contribution < -0.4 is 4.74 Å². The number of nitrogens with zero attached hydrogens (tertiary/aromatic N) is 2. The molecule has 0 aliphatic rings. The van der Waals surface area contributed by atoms with Crippen LogP contribution in [0.5, 0.6) is 5.75 Å². The van der Waals surface area contributed by atoms with Gasteiger partial charge in [-0.25, -0.2) is 9.48 Å². The van der Waals surface area contributed by atoms with E-state index in [-0.39, 0.29) is 5.56 Å². The Morgan fingerprint density at radius 2 is 1.91 bits per heavy atom. The number of aromatic nitrogens is 2. The van der Waals surface area contributed by atoms with Gasteiger partial charge in [0, 0.05) is 5.56 Å². The Morgan fingerprint density at radius 1 is 1.14 bits per heavy atom. The van der Waals surface area contributed by atoms with Crippen LogP contribution in [0.2, 0.25) is 0 Å². The fraction of sp³-hybridized carbons (Fsp3) is 0.0588. The molecule has 1 heterocycles. The number of benzene rings is 2. The summed E-state index contributed by atoms with van der Waals surface area (Å²) < 4.78 is 6.87. The summed E-state index contributed by atoms with van der Waals surface area (Å²) in [7, 11) is 1.62. The highest BCUT2D eigenvalue weighted by molar-refractivity contribution is 5.88. The largest absolute Gasteiger partial charge is 0.497 e. The number of rotatable bonds is 4. The lowest BCUT2D eigenvalue weighted by Gasteiger charge is -2.09. The number of carboxylic acid groups (broad SMARTS) is 1. The molecule has 5 nitrogen and oxygen atoms in total. The second kappa shape index (κ2) is 5.73. The molecule has 0 bridgehead atoms. The van der Waals surface area contributed by atoms with Gasteiger partial charge in [-0.05, 0) is 48.5 Å². The Kier molecular flexibility index (Phi) is 3.62. The second-order valence-electron chi connectivity index (χ2n) is 4.71. The van der Waals surface area contributed by atoms with Crippen LogP contribution in [0.25, 0.3) is 16.9 Å². The van der Waals surface area contributed by atoms with E-state index in [0.29, 0.717) is 5.69 Å². The van der Waals surface area contributed by atoms with Crippen molar-refractivity contribution in [3.8, 4) is 22.7 Å². The van der Waals surface area contributed by atoms with Gasteiger partial charge in [-0.15, -0.1) is 0 Å². The van der Waals surface area contributed by atoms with Crippen LogP contribution in [0.15, 0.2) is 60.8 Å². The van der Waals surface area contributed by atoms with Crippen LogP contribution in [0, 0.1) is 0 Å². The number of carboxylic acids is 1. The molecule has 1 N–H and O–H groups in total. The van der Waals surface area contributed by atoms with E-state index in [2.05, 4.69) is 5.10 Å². The number of aromatic carboxylic acids is 1. The number of methoxy groups -OCH3 is 1. The van der Waals surface area contributed by atoms with Crippen LogP contribution in [-0.4, -0.2) is 28.0 Å². The average molecular weight is 294 g/mol. The predicted octanol–water partition coefficient (Wildman–Crippen LogP) is 3.25. The van der Waals surface area contributed by atoms with E-state index >= 15 is 0 Å². The highest BCUT2D eigenvalue weighted by Crippen LogP contribution is 2.24. The van der Waals surface area contributed by atoms with Gasteiger partial charge in [-0.1, -0.05) is 6.07 Å². The maximum absolute atomic E-state index is 11.1. The van der Waals surface area contributed by atoms with E-state index in [1.165, 1.54) is 0 Å². The first kappa shape index (κ1) is 13.9. The molecule has 2 aromatic carbocycles. The van der Waals surface area contributed by atoms with E-state index in [1.54, 1.807) is 36.2 Å². The molecular weight excluding hydrogens is 280 g/mol. The van der Waals surface area contributed by atoms with Crippen LogP contribution >= 0.6 is 0 Å². The minimum absolute atomic E-state index is 0.230. The van der Waals surface area contributed by atoms with Gasteiger partial charge in [0.2, 0.25) is 0 Å². The molecule has 3 rings (SSSR count). The first-order valence-corrected chi connectivity index (χ1v) is 6.71. The molecule has 0 fully saturated rings. The van der Waals surface area contributed by atoms with Crippen molar-refractivity contribution >= 4 is 5.97 Å². The molecular formula is C17H14N2O3. The zero-order valence-corrected chi connectivity index (χ0v) is 11.9.